The van der Waals surface area contributed by atoms with Gasteiger partial charge in [-0.05, 0) is 42.2 Å². The van der Waals surface area contributed by atoms with E-state index in [4.69, 9.17) is 9.84 Å². The van der Waals surface area contributed by atoms with Crippen molar-refractivity contribution in [1.29, 1.82) is 0 Å². The first-order chi connectivity index (χ1) is 10.7. The van der Waals surface area contributed by atoms with Crippen molar-refractivity contribution >= 4 is 12.0 Å². The van der Waals surface area contributed by atoms with Crippen molar-refractivity contribution in [2.75, 3.05) is 7.11 Å². The van der Waals surface area contributed by atoms with Crippen LogP contribution in [-0.2, 0) is 6.42 Å². The fourth-order valence-electron chi connectivity index (χ4n) is 2.97. The molecule has 3 nitrogen and oxygen atoms in total. The molecule has 0 aliphatic heterocycles. The molecular formula is C19H18O3. The average Bonchev–Trinajstić information content (AvgIpc) is 2.76. The van der Waals surface area contributed by atoms with Crippen molar-refractivity contribution in [2.45, 2.75) is 18.8 Å². The molecule has 2 aromatic rings. The molecule has 0 saturated heterocycles. The van der Waals surface area contributed by atoms with Crippen molar-refractivity contribution in [3.05, 3.63) is 70.8 Å². The number of aryl methyl sites for hydroxylation is 1. The van der Waals surface area contributed by atoms with Crippen LogP contribution in [0, 0.1) is 0 Å². The van der Waals surface area contributed by atoms with E-state index < -0.39 is 5.97 Å². The molecule has 112 valence electrons. The van der Waals surface area contributed by atoms with Gasteiger partial charge in [0.1, 0.15) is 5.75 Å². The number of ether oxygens (including phenoxy) is 1. The van der Waals surface area contributed by atoms with Gasteiger partial charge in [0.15, 0.2) is 0 Å². The fourth-order valence-corrected chi connectivity index (χ4v) is 2.97. The zero-order valence-electron chi connectivity index (χ0n) is 12.5. The SMILES string of the molecule is COc1ccccc1C1C=Cc2cc(C(=O)O)ccc2CC1. The van der Waals surface area contributed by atoms with E-state index in [9.17, 15) is 4.79 Å². The number of hydrogen-bond donors (Lipinski definition) is 1. The molecular weight excluding hydrogens is 276 g/mol. The number of hydrogen-bond acceptors (Lipinski definition) is 2. The molecule has 0 bridgehead atoms. The van der Waals surface area contributed by atoms with Gasteiger partial charge in [-0.2, -0.15) is 0 Å². The number of rotatable bonds is 3. The summed E-state index contributed by atoms with van der Waals surface area (Å²) in [5.41, 5.74) is 3.70. The summed E-state index contributed by atoms with van der Waals surface area (Å²) >= 11 is 0. The summed E-state index contributed by atoms with van der Waals surface area (Å²) in [5, 5.41) is 9.11. The minimum Gasteiger partial charge on any atom is -0.496 e. The van der Waals surface area contributed by atoms with E-state index in [0.29, 0.717) is 5.56 Å². The Labute approximate surface area is 129 Å². The van der Waals surface area contributed by atoms with Crippen LogP contribution in [0.1, 0.15) is 39.4 Å². The van der Waals surface area contributed by atoms with E-state index in [0.717, 1.165) is 24.2 Å². The Morgan fingerprint density at radius 1 is 1.23 bits per heavy atom. The summed E-state index contributed by atoms with van der Waals surface area (Å²) < 4.78 is 5.46. The third kappa shape index (κ3) is 2.75. The maximum atomic E-state index is 11.1. The zero-order chi connectivity index (χ0) is 15.5. The lowest BCUT2D eigenvalue weighted by Gasteiger charge is -2.15. The minimum atomic E-state index is -0.887. The number of carboxylic acids is 1. The summed E-state index contributed by atoms with van der Waals surface area (Å²) in [4.78, 5) is 11.1. The summed E-state index contributed by atoms with van der Waals surface area (Å²) in [5.74, 6) is 0.285. The number of methoxy groups -OCH3 is 1. The molecule has 1 atom stereocenters. The molecule has 0 heterocycles. The van der Waals surface area contributed by atoms with Crippen molar-refractivity contribution in [3.63, 3.8) is 0 Å². The fraction of sp³-hybridized carbons (Fsp3) is 0.211. The molecule has 1 aliphatic carbocycles. The van der Waals surface area contributed by atoms with Crippen molar-refractivity contribution in [3.8, 4) is 5.75 Å². The molecule has 0 amide bonds. The zero-order valence-corrected chi connectivity index (χ0v) is 12.5. The highest BCUT2D eigenvalue weighted by molar-refractivity contribution is 5.88. The predicted molar refractivity (Wildman–Crippen MR) is 86.5 cm³/mol. The van der Waals surface area contributed by atoms with E-state index in [2.05, 4.69) is 12.1 Å². The van der Waals surface area contributed by atoms with E-state index in [1.807, 2.05) is 30.3 Å². The van der Waals surface area contributed by atoms with Crippen LogP contribution in [0.15, 0.2) is 48.5 Å². The number of benzene rings is 2. The first-order valence-corrected chi connectivity index (χ1v) is 7.36. The Bertz CT molecular complexity index is 731. The number of carbonyl (C=O) groups is 1. The monoisotopic (exact) mass is 294 g/mol. The summed E-state index contributed by atoms with van der Waals surface area (Å²) in [6.07, 6.45) is 6.09. The second kappa shape index (κ2) is 6.06. The number of allylic oxidation sites excluding steroid dienone is 1. The highest BCUT2D eigenvalue weighted by Crippen LogP contribution is 2.34. The second-order valence-corrected chi connectivity index (χ2v) is 5.46. The van der Waals surface area contributed by atoms with Crippen LogP contribution in [0.2, 0.25) is 0 Å². The molecule has 0 saturated carbocycles. The molecule has 3 rings (SSSR count). The van der Waals surface area contributed by atoms with Gasteiger partial charge >= 0.3 is 5.97 Å². The van der Waals surface area contributed by atoms with Gasteiger partial charge in [0.25, 0.3) is 0 Å². The third-order valence-electron chi connectivity index (χ3n) is 4.16. The van der Waals surface area contributed by atoms with E-state index in [1.165, 1.54) is 11.1 Å². The third-order valence-corrected chi connectivity index (χ3v) is 4.16. The van der Waals surface area contributed by atoms with E-state index >= 15 is 0 Å². The highest BCUT2D eigenvalue weighted by Gasteiger charge is 2.17. The normalized spacial score (nSPS) is 16.7. The van der Waals surface area contributed by atoms with Gasteiger partial charge in [-0.1, -0.05) is 36.4 Å². The quantitative estimate of drug-likeness (QED) is 0.925. The average molecular weight is 294 g/mol. The summed E-state index contributed by atoms with van der Waals surface area (Å²) in [6, 6.07) is 13.4. The van der Waals surface area contributed by atoms with E-state index in [1.54, 1.807) is 19.2 Å². The first-order valence-electron chi connectivity index (χ1n) is 7.36. The number of fused-ring (bicyclic) bond motifs is 1. The van der Waals surface area contributed by atoms with Gasteiger partial charge in [-0.25, -0.2) is 4.79 Å². The molecule has 0 radical (unpaired) electrons. The molecule has 2 aromatic carbocycles. The van der Waals surface area contributed by atoms with Crippen molar-refractivity contribution in [1.82, 2.24) is 0 Å². The van der Waals surface area contributed by atoms with Gasteiger partial charge in [0.2, 0.25) is 0 Å². The Morgan fingerprint density at radius 2 is 2.05 bits per heavy atom. The van der Waals surface area contributed by atoms with Crippen LogP contribution in [0.25, 0.3) is 6.08 Å². The van der Waals surface area contributed by atoms with Crippen molar-refractivity contribution < 1.29 is 14.6 Å². The molecule has 22 heavy (non-hydrogen) atoms. The standard InChI is InChI=1S/C19H18O3/c1-22-18-5-3-2-4-17(18)14-8-6-13-7-11-16(19(20)21)12-15(13)10-9-14/h2-5,7,9-12,14H,6,8H2,1H3,(H,20,21). The van der Waals surface area contributed by atoms with Crippen LogP contribution in [0.4, 0.5) is 0 Å². The summed E-state index contributed by atoms with van der Waals surface area (Å²) in [6.45, 7) is 0. The number of para-hydroxylation sites is 1. The molecule has 1 N–H and O–H groups in total. The largest absolute Gasteiger partial charge is 0.496 e. The predicted octanol–water partition coefficient (Wildman–Crippen LogP) is 4.14. The number of carboxylic acid groups (broad SMARTS) is 1. The highest BCUT2D eigenvalue weighted by atomic mass is 16.5. The lowest BCUT2D eigenvalue weighted by molar-refractivity contribution is 0.0697. The Morgan fingerprint density at radius 3 is 2.82 bits per heavy atom. The molecule has 3 heteroatoms. The first kappa shape index (κ1) is 14.4. The molecule has 1 unspecified atom stereocenters. The maximum Gasteiger partial charge on any atom is 0.335 e. The lowest BCUT2D eigenvalue weighted by Crippen LogP contribution is -2.00. The topological polar surface area (TPSA) is 46.5 Å². The van der Waals surface area contributed by atoms with Crippen LogP contribution in [0.3, 0.4) is 0 Å². The van der Waals surface area contributed by atoms with Gasteiger partial charge in [0, 0.05) is 11.5 Å². The number of aromatic carboxylic acids is 1. The van der Waals surface area contributed by atoms with Crippen LogP contribution in [-0.4, -0.2) is 18.2 Å². The minimum absolute atomic E-state index is 0.275. The Balaban J connectivity index is 1.94. The van der Waals surface area contributed by atoms with Crippen molar-refractivity contribution in [2.24, 2.45) is 0 Å². The molecule has 0 fully saturated rings. The Hall–Kier alpha value is -2.55. The smallest absolute Gasteiger partial charge is 0.335 e. The van der Waals surface area contributed by atoms with Crippen LogP contribution < -0.4 is 4.74 Å². The van der Waals surface area contributed by atoms with E-state index in [-0.39, 0.29) is 5.92 Å². The van der Waals surface area contributed by atoms with Gasteiger partial charge in [-0.3, -0.25) is 0 Å². The molecule has 1 aliphatic rings. The lowest BCUT2D eigenvalue weighted by atomic mass is 9.93. The van der Waals surface area contributed by atoms with Crippen LogP contribution >= 0.6 is 0 Å². The van der Waals surface area contributed by atoms with Gasteiger partial charge in [0.05, 0.1) is 12.7 Å². The Kier molecular flexibility index (Phi) is 3.96. The molecule has 0 aromatic heterocycles. The van der Waals surface area contributed by atoms with Gasteiger partial charge < -0.3 is 9.84 Å². The molecule has 0 spiro atoms. The van der Waals surface area contributed by atoms with Crippen LogP contribution in [0.5, 0.6) is 5.75 Å². The summed E-state index contributed by atoms with van der Waals surface area (Å²) in [7, 11) is 1.69. The second-order valence-electron chi connectivity index (χ2n) is 5.46. The van der Waals surface area contributed by atoms with Gasteiger partial charge in [-0.15, -0.1) is 0 Å². The maximum absolute atomic E-state index is 11.1.